The van der Waals surface area contributed by atoms with Crippen molar-refractivity contribution in [2.24, 2.45) is 5.92 Å². The topological polar surface area (TPSA) is 12.0 Å². The third kappa shape index (κ3) is 2.43. The van der Waals surface area contributed by atoms with E-state index in [4.69, 9.17) is 0 Å². The van der Waals surface area contributed by atoms with Gasteiger partial charge in [0.2, 0.25) is 0 Å². The first kappa shape index (κ1) is 11.2. The van der Waals surface area contributed by atoms with Crippen LogP contribution in [0.4, 0.5) is 0 Å². The lowest BCUT2D eigenvalue weighted by molar-refractivity contribution is 0.473. The molecule has 0 spiro atoms. The fourth-order valence-electron chi connectivity index (χ4n) is 2.55. The van der Waals surface area contributed by atoms with Crippen molar-refractivity contribution in [2.75, 3.05) is 13.1 Å². The maximum Gasteiger partial charge on any atom is 0.0210 e. The molecule has 0 saturated carbocycles. The summed E-state index contributed by atoms with van der Waals surface area (Å²) < 4.78 is 1.26. The van der Waals surface area contributed by atoms with E-state index in [0.717, 1.165) is 12.5 Å². The first-order chi connectivity index (χ1) is 7.33. The van der Waals surface area contributed by atoms with Crippen molar-refractivity contribution in [1.29, 1.82) is 0 Å². The van der Waals surface area contributed by atoms with E-state index in [1.165, 1.54) is 29.4 Å². The molecule has 0 aliphatic carbocycles. The number of rotatable bonds is 3. The summed E-state index contributed by atoms with van der Waals surface area (Å²) in [5.74, 6) is 1.51. The van der Waals surface area contributed by atoms with Crippen molar-refractivity contribution in [3.8, 4) is 0 Å². The molecule has 1 heterocycles. The van der Waals surface area contributed by atoms with E-state index >= 15 is 0 Å². The van der Waals surface area contributed by atoms with Gasteiger partial charge in [0, 0.05) is 16.9 Å². The van der Waals surface area contributed by atoms with Gasteiger partial charge in [0.05, 0.1) is 0 Å². The van der Waals surface area contributed by atoms with Crippen LogP contribution in [0.5, 0.6) is 0 Å². The molecule has 1 fully saturated rings. The van der Waals surface area contributed by atoms with Gasteiger partial charge < -0.3 is 5.32 Å². The minimum atomic E-state index is 0.695. The zero-order valence-electron chi connectivity index (χ0n) is 9.17. The Morgan fingerprint density at radius 3 is 2.87 bits per heavy atom. The van der Waals surface area contributed by atoms with Gasteiger partial charge in [0.25, 0.3) is 0 Å². The lowest BCUT2D eigenvalue weighted by Gasteiger charge is -2.19. The van der Waals surface area contributed by atoms with Crippen molar-refractivity contribution in [1.82, 2.24) is 5.32 Å². The van der Waals surface area contributed by atoms with Gasteiger partial charge in [-0.15, -0.1) is 0 Å². The number of hydrogen-bond acceptors (Lipinski definition) is 1. The highest BCUT2D eigenvalue weighted by Crippen LogP contribution is 2.34. The Morgan fingerprint density at radius 2 is 2.13 bits per heavy atom. The summed E-state index contributed by atoms with van der Waals surface area (Å²) in [5, 5.41) is 3.51. The van der Waals surface area contributed by atoms with Crippen LogP contribution >= 0.6 is 15.9 Å². The summed E-state index contributed by atoms with van der Waals surface area (Å²) >= 11 is 3.66. The van der Waals surface area contributed by atoms with Crippen LogP contribution in [0.1, 0.15) is 31.2 Å². The summed E-state index contributed by atoms with van der Waals surface area (Å²) in [6.07, 6.45) is 2.62. The molecule has 1 N–H and O–H groups in total. The van der Waals surface area contributed by atoms with Crippen LogP contribution in [0, 0.1) is 5.92 Å². The number of hydrogen-bond donors (Lipinski definition) is 1. The maximum atomic E-state index is 3.66. The van der Waals surface area contributed by atoms with Crippen LogP contribution in [0.15, 0.2) is 28.7 Å². The summed E-state index contributed by atoms with van der Waals surface area (Å²) in [4.78, 5) is 0. The standard InChI is InChI=1S/C13H18BrN/c1-2-5-10-8-15-9-12(10)11-6-3-4-7-13(11)14/h3-4,6-7,10,12,15H,2,5,8-9H2,1H3/t10-,12-/m0/s1. The van der Waals surface area contributed by atoms with Gasteiger partial charge >= 0.3 is 0 Å². The first-order valence-corrected chi connectivity index (χ1v) is 6.57. The van der Waals surface area contributed by atoms with E-state index in [9.17, 15) is 0 Å². The third-order valence-corrected chi connectivity index (χ3v) is 4.03. The zero-order valence-corrected chi connectivity index (χ0v) is 10.8. The Labute approximate surface area is 100 Å². The molecule has 0 bridgehead atoms. The monoisotopic (exact) mass is 267 g/mol. The largest absolute Gasteiger partial charge is 0.316 e. The average molecular weight is 268 g/mol. The molecule has 1 aromatic rings. The summed E-state index contributed by atoms with van der Waals surface area (Å²) in [7, 11) is 0. The number of halogens is 1. The zero-order chi connectivity index (χ0) is 10.7. The van der Waals surface area contributed by atoms with E-state index in [1.54, 1.807) is 0 Å². The molecule has 0 amide bonds. The number of benzene rings is 1. The van der Waals surface area contributed by atoms with Gasteiger partial charge in [-0.05, 0) is 30.5 Å². The Kier molecular flexibility index (Phi) is 3.81. The molecule has 82 valence electrons. The van der Waals surface area contributed by atoms with Gasteiger partial charge in [0.1, 0.15) is 0 Å². The molecular weight excluding hydrogens is 250 g/mol. The fourth-order valence-corrected chi connectivity index (χ4v) is 3.13. The molecule has 1 aliphatic rings. The summed E-state index contributed by atoms with van der Waals surface area (Å²) in [6, 6.07) is 8.63. The molecular formula is C13H18BrN. The lowest BCUT2D eigenvalue weighted by Crippen LogP contribution is -2.10. The van der Waals surface area contributed by atoms with Crippen LogP contribution in [0.25, 0.3) is 0 Å². The Bertz CT molecular complexity index is 324. The van der Waals surface area contributed by atoms with E-state index in [-0.39, 0.29) is 0 Å². The Morgan fingerprint density at radius 1 is 1.33 bits per heavy atom. The van der Waals surface area contributed by atoms with Crippen LogP contribution in [-0.4, -0.2) is 13.1 Å². The Hall–Kier alpha value is -0.340. The lowest BCUT2D eigenvalue weighted by atomic mass is 9.86. The van der Waals surface area contributed by atoms with Crippen molar-refractivity contribution in [3.63, 3.8) is 0 Å². The van der Waals surface area contributed by atoms with Crippen LogP contribution < -0.4 is 5.32 Å². The molecule has 1 saturated heterocycles. The summed E-state index contributed by atoms with van der Waals surface area (Å²) in [5.41, 5.74) is 1.47. The highest BCUT2D eigenvalue weighted by Gasteiger charge is 2.28. The second-order valence-corrected chi connectivity index (χ2v) is 5.19. The molecule has 0 unspecified atom stereocenters. The SMILES string of the molecule is CCC[C@H]1CNC[C@@H]1c1ccccc1Br. The van der Waals surface area contributed by atoms with Gasteiger partial charge in [-0.2, -0.15) is 0 Å². The smallest absolute Gasteiger partial charge is 0.0210 e. The molecule has 15 heavy (non-hydrogen) atoms. The molecule has 1 aliphatic heterocycles. The van der Waals surface area contributed by atoms with Crippen LogP contribution in [0.2, 0.25) is 0 Å². The molecule has 1 aromatic carbocycles. The van der Waals surface area contributed by atoms with Gasteiger partial charge in [0.15, 0.2) is 0 Å². The number of nitrogens with one attached hydrogen (secondary N) is 1. The molecule has 2 rings (SSSR count). The van der Waals surface area contributed by atoms with Crippen molar-refractivity contribution in [2.45, 2.75) is 25.7 Å². The van der Waals surface area contributed by atoms with Gasteiger partial charge in [-0.3, -0.25) is 0 Å². The average Bonchev–Trinajstić information content (AvgIpc) is 2.67. The normalized spacial score (nSPS) is 25.7. The van der Waals surface area contributed by atoms with E-state index in [1.807, 2.05) is 0 Å². The van der Waals surface area contributed by atoms with E-state index in [0.29, 0.717) is 5.92 Å². The Balaban J connectivity index is 2.19. The predicted molar refractivity (Wildman–Crippen MR) is 68.2 cm³/mol. The highest BCUT2D eigenvalue weighted by atomic mass is 79.9. The predicted octanol–water partition coefficient (Wildman–Crippen LogP) is 3.55. The van der Waals surface area contributed by atoms with Crippen molar-refractivity contribution >= 4 is 15.9 Å². The minimum absolute atomic E-state index is 0.695. The molecule has 1 nitrogen and oxygen atoms in total. The quantitative estimate of drug-likeness (QED) is 0.884. The second kappa shape index (κ2) is 5.13. The maximum absolute atomic E-state index is 3.66. The first-order valence-electron chi connectivity index (χ1n) is 5.78. The fraction of sp³-hybridized carbons (Fsp3) is 0.538. The second-order valence-electron chi connectivity index (χ2n) is 4.34. The third-order valence-electron chi connectivity index (χ3n) is 3.30. The van der Waals surface area contributed by atoms with Gasteiger partial charge in [-0.25, -0.2) is 0 Å². The summed E-state index contributed by atoms with van der Waals surface area (Å²) in [6.45, 7) is 4.59. The van der Waals surface area contributed by atoms with Crippen LogP contribution in [-0.2, 0) is 0 Å². The van der Waals surface area contributed by atoms with E-state index < -0.39 is 0 Å². The van der Waals surface area contributed by atoms with Crippen molar-refractivity contribution < 1.29 is 0 Å². The minimum Gasteiger partial charge on any atom is -0.316 e. The van der Waals surface area contributed by atoms with Crippen molar-refractivity contribution in [3.05, 3.63) is 34.3 Å². The van der Waals surface area contributed by atoms with E-state index in [2.05, 4.69) is 52.4 Å². The highest BCUT2D eigenvalue weighted by molar-refractivity contribution is 9.10. The molecule has 2 heteroatoms. The van der Waals surface area contributed by atoms with Crippen LogP contribution in [0.3, 0.4) is 0 Å². The van der Waals surface area contributed by atoms with Gasteiger partial charge in [-0.1, -0.05) is 47.5 Å². The molecule has 0 aromatic heterocycles. The molecule has 2 atom stereocenters. The molecule has 0 radical (unpaired) electrons.